The molecule has 4 heteroatoms. The Bertz CT molecular complexity index is 594. The molecule has 0 radical (unpaired) electrons. The number of hydrogen-bond acceptors (Lipinski definition) is 3. The number of rotatable bonds is 7. The largest absolute Gasteiger partial charge is 0.357 e. The van der Waals surface area contributed by atoms with Crippen LogP contribution in [0.15, 0.2) is 48.7 Å². The van der Waals surface area contributed by atoms with Crippen molar-refractivity contribution in [2.75, 3.05) is 23.3 Å². The molecule has 0 fully saturated rings. The lowest BCUT2D eigenvalue weighted by Gasteiger charge is -2.20. The van der Waals surface area contributed by atoms with Crippen molar-refractivity contribution < 1.29 is 4.79 Å². The summed E-state index contributed by atoms with van der Waals surface area (Å²) in [6.45, 7) is 6.10. The van der Waals surface area contributed by atoms with Gasteiger partial charge in [-0.15, -0.1) is 0 Å². The second-order valence-electron chi connectivity index (χ2n) is 5.11. The van der Waals surface area contributed by atoms with Crippen LogP contribution in [0.3, 0.4) is 0 Å². The number of anilines is 2. The molecular weight excluding hydrogens is 274 g/mol. The Kier molecular flexibility index (Phi) is 5.95. The summed E-state index contributed by atoms with van der Waals surface area (Å²) in [7, 11) is 0. The standard InChI is InChI=1S/C18H23N3O/c1-3-21(4-2)17-14-15(12-13-19-17)10-11-18(22)20-16-8-6-5-7-9-16/h5-9,12-14H,3-4,10-11H2,1-2H3,(H,20,22). The number of hydrogen-bond donors (Lipinski definition) is 1. The summed E-state index contributed by atoms with van der Waals surface area (Å²) in [4.78, 5) is 18.6. The van der Waals surface area contributed by atoms with Gasteiger partial charge in [0, 0.05) is 31.4 Å². The van der Waals surface area contributed by atoms with Crippen molar-refractivity contribution >= 4 is 17.4 Å². The molecule has 4 nitrogen and oxygen atoms in total. The van der Waals surface area contributed by atoms with Gasteiger partial charge in [-0.25, -0.2) is 4.98 Å². The molecule has 0 unspecified atom stereocenters. The smallest absolute Gasteiger partial charge is 0.224 e. The summed E-state index contributed by atoms with van der Waals surface area (Å²) >= 11 is 0. The summed E-state index contributed by atoms with van der Waals surface area (Å²) in [5.74, 6) is 1.01. The third-order valence-corrected chi connectivity index (χ3v) is 3.60. The monoisotopic (exact) mass is 297 g/mol. The van der Waals surface area contributed by atoms with Gasteiger partial charge in [-0.05, 0) is 50.1 Å². The lowest BCUT2D eigenvalue weighted by Crippen LogP contribution is -2.23. The summed E-state index contributed by atoms with van der Waals surface area (Å²) < 4.78 is 0. The number of pyridine rings is 1. The van der Waals surface area contributed by atoms with E-state index in [-0.39, 0.29) is 5.91 Å². The van der Waals surface area contributed by atoms with E-state index >= 15 is 0 Å². The van der Waals surface area contributed by atoms with Gasteiger partial charge in [-0.3, -0.25) is 4.79 Å². The highest BCUT2D eigenvalue weighted by Crippen LogP contribution is 2.14. The second kappa shape index (κ2) is 8.17. The van der Waals surface area contributed by atoms with E-state index in [2.05, 4.69) is 35.1 Å². The number of amides is 1. The Morgan fingerprint density at radius 3 is 2.55 bits per heavy atom. The van der Waals surface area contributed by atoms with Crippen molar-refractivity contribution in [3.63, 3.8) is 0 Å². The average Bonchev–Trinajstić information content (AvgIpc) is 2.55. The number of aromatic nitrogens is 1. The maximum atomic E-state index is 12.0. The third-order valence-electron chi connectivity index (χ3n) is 3.60. The van der Waals surface area contributed by atoms with Crippen LogP contribution in [0.5, 0.6) is 0 Å². The molecule has 116 valence electrons. The SMILES string of the molecule is CCN(CC)c1cc(CCC(=O)Nc2ccccc2)ccn1. The Morgan fingerprint density at radius 2 is 1.86 bits per heavy atom. The van der Waals surface area contributed by atoms with Gasteiger partial charge in [0.2, 0.25) is 5.91 Å². The molecule has 2 aromatic rings. The van der Waals surface area contributed by atoms with Crippen LogP contribution in [0, 0.1) is 0 Å². The first-order valence-corrected chi connectivity index (χ1v) is 7.77. The first-order valence-electron chi connectivity index (χ1n) is 7.77. The Hall–Kier alpha value is -2.36. The fraction of sp³-hybridized carbons (Fsp3) is 0.333. The van der Waals surface area contributed by atoms with E-state index in [4.69, 9.17) is 0 Å². The number of carbonyl (C=O) groups excluding carboxylic acids is 1. The molecular formula is C18H23N3O. The zero-order valence-electron chi connectivity index (χ0n) is 13.2. The van der Waals surface area contributed by atoms with Gasteiger partial charge in [-0.2, -0.15) is 0 Å². The van der Waals surface area contributed by atoms with Crippen LogP contribution in [0.4, 0.5) is 11.5 Å². The van der Waals surface area contributed by atoms with Crippen molar-refractivity contribution in [2.24, 2.45) is 0 Å². The minimum absolute atomic E-state index is 0.0346. The van der Waals surface area contributed by atoms with Gasteiger partial charge in [0.25, 0.3) is 0 Å². The zero-order valence-corrected chi connectivity index (χ0v) is 13.2. The van der Waals surface area contributed by atoms with Crippen LogP contribution in [0.25, 0.3) is 0 Å². The molecule has 1 aromatic heterocycles. The topological polar surface area (TPSA) is 45.2 Å². The highest BCUT2D eigenvalue weighted by atomic mass is 16.1. The third kappa shape index (κ3) is 4.58. The lowest BCUT2D eigenvalue weighted by atomic mass is 10.1. The molecule has 0 spiro atoms. The van der Waals surface area contributed by atoms with E-state index in [0.29, 0.717) is 6.42 Å². The second-order valence-corrected chi connectivity index (χ2v) is 5.11. The summed E-state index contributed by atoms with van der Waals surface area (Å²) in [6, 6.07) is 13.6. The van der Waals surface area contributed by atoms with Crippen molar-refractivity contribution in [3.05, 3.63) is 54.2 Å². The summed E-state index contributed by atoms with van der Waals surface area (Å²) in [5, 5.41) is 2.91. The normalized spacial score (nSPS) is 10.3. The molecule has 1 heterocycles. The number of carbonyl (C=O) groups is 1. The maximum Gasteiger partial charge on any atom is 0.224 e. The van der Waals surface area contributed by atoms with Crippen LogP contribution < -0.4 is 10.2 Å². The first kappa shape index (κ1) is 16.0. The quantitative estimate of drug-likeness (QED) is 0.850. The van der Waals surface area contributed by atoms with Crippen molar-refractivity contribution in [2.45, 2.75) is 26.7 Å². The molecule has 2 rings (SSSR count). The highest BCUT2D eigenvalue weighted by Gasteiger charge is 2.06. The predicted molar refractivity (Wildman–Crippen MR) is 91.2 cm³/mol. The van der Waals surface area contributed by atoms with E-state index in [1.165, 1.54) is 0 Å². The van der Waals surface area contributed by atoms with Gasteiger partial charge in [0.15, 0.2) is 0 Å². The highest BCUT2D eigenvalue weighted by molar-refractivity contribution is 5.90. The molecule has 0 aliphatic heterocycles. The summed E-state index contributed by atoms with van der Waals surface area (Å²) in [6.07, 6.45) is 3.00. The van der Waals surface area contributed by atoms with E-state index < -0.39 is 0 Å². The molecule has 1 aromatic carbocycles. The molecule has 0 atom stereocenters. The lowest BCUT2D eigenvalue weighted by molar-refractivity contribution is -0.116. The van der Waals surface area contributed by atoms with Crippen LogP contribution in [0.1, 0.15) is 25.8 Å². The number of para-hydroxylation sites is 1. The Morgan fingerprint density at radius 1 is 1.14 bits per heavy atom. The maximum absolute atomic E-state index is 12.0. The van der Waals surface area contributed by atoms with E-state index in [9.17, 15) is 4.79 Å². The zero-order chi connectivity index (χ0) is 15.8. The Balaban J connectivity index is 1.91. The molecule has 1 N–H and O–H groups in total. The Labute approximate surface area is 132 Å². The van der Waals surface area contributed by atoms with Crippen molar-refractivity contribution in [3.8, 4) is 0 Å². The van der Waals surface area contributed by atoms with Crippen LogP contribution in [0.2, 0.25) is 0 Å². The number of nitrogens with zero attached hydrogens (tertiary/aromatic N) is 2. The summed E-state index contributed by atoms with van der Waals surface area (Å²) in [5.41, 5.74) is 1.98. The first-order chi connectivity index (χ1) is 10.7. The molecule has 0 saturated heterocycles. The van der Waals surface area contributed by atoms with Crippen molar-refractivity contribution in [1.29, 1.82) is 0 Å². The number of benzene rings is 1. The fourth-order valence-electron chi connectivity index (χ4n) is 2.34. The molecule has 0 aliphatic rings. The molecule has 22 heavy (non-hydrogen) atoms. The van der Waals surface area contributed by atoms with Gasteiger partial charge in [0.05, 0.1) is 0 Å². The van der Waals surface area contributed by atoms with Crippen molar-refractivity contribution in [1.82, 2.24) is 4.98 Å². The fourth-order valence-corrected chi connectivity index (χ4v) is 2.34. The minimum atomic E-state index is 0.0346. The van der Waals surface area contributed by atoms with Crippen LogP contribution in [-0.2, 0) is 11.2 Å². The van der Waals surface area contributed by atoms with Crippen LogP contribution >= 0.6 is 0 Å². The van der Waals surface area contributed by atoms with Gasteiger partial charge in [-0.1, -0.05) is 18.2 Å². The molecule has 1 amide bonds. The van der Waals surface area contributed by atoms with E-state index in [1.54, 1.807) is 0 Å². The van der Waals surface area contributed by atoms with Gasteiger partial charge < -0.3 is 10.2 Å². The van der Waals surface area contributed by atoms with Gasteiger partial charge >= 0.3 is 0 Å². The van der Waals surface area contributed by atoms with E-state index in [1.807, 2.05) is 42.6 Å². The number of nitrogens with one attached hydrogen (secondary N) is 1. The van der Waals surface area contributed by atoms with E-state index in [0.717, 1.165) is 36.6 Å². The minimum Gasteiger partial charge on any atom is -0.357 e. The van der Waals surface area contributed by atoms with Gasteiger partial charge in [0.1, 0.15) is 5.82 Å². The molecule has 0 saturated carbocycles. The average molecular weight is 297 g/mol. The molecule has 0 aliphatic carbocycles. The molecule has 0 bridgehead atoms. The van der Waals surface area contributed by atoms with Crippen LogP contribution in [-0.4, -0.2) is 24.0 Å². The number of aryl methyl sites for hydroxylation is 1. The predicted octanol–water partition coefficient (Wildman–Crippen LogP) is 3.50.